The zero-order valence-corrected chi connectivity index (χ0v) is 16.9. The van der Waals surface area contributed by atoms with Crippen LogP contribution in [0.5, 0.6) is 0 Å². The third kappa shape index (κ3) is 5.13. The number of hydrogen-bond acceptors (Lipinski definition) is 7. The van der Waals surface area contributed by atoms with Crippen LogP contribution in [0, 0.1) is 0 Å². The number of nitrogens with two attached hydrogens (primary N) is 1. The van der Waals surface area contributed by atoms with Gasteiger partial charge in [0.2, 0.25) is 0 Å². The fourth-order valence-corrected chi connectivity index (χ4v) is 3.03. The summed E-state index contributed by atoms with van der Waals surface area (Å²) in [6, 6.07) is 7.43. The van der Waals surface area contributed by atoms with E-state index in [2.05, 4.69) is 20.0 Å². The molecule has 154 valence electrons. The molecule has 29 heavy (non-hydrogen) atoms. The van der Waals surface area contributed by atoms with Crippen molar-refractivity contribution < 1.29 is 14.7 Å². The van der Waals surface area contributed by atoms with Gasteiger partial charge in [0.05, 0.1) is 5.69 Å². The molecule has 1 aliphatic heterocycles. The van der Waals surface area contributed by atoms with Crippen LogP contribution in [0.25, 0.3) is 11.3 Å². The maximum absolute atomic E-state index is 12.3. The van der Waals surface area contributed by atoms with Crippen LogP contribution in [0.3, 0.4) is 0 Å². The van der Waals surface area contributed by atoms with Gasteiger partial charge >= 0.3 is 6.09 Å². The Labute approximate surface area is 169 Å². The number of carbonyl (C=O) groups is 1. The van der Waals surface area contributed by atoms with Crippen molar-refractivity contribution in [3.05, 3.63) is 42.4 Å². The zero-order valence-electron chi connectivity index (χ0n) is 16.9. The maximum Gasteiger partial charge on any atom is 0.410 e. The summed E-state index contributed by atoms with van der Waals surface area (Å²) < 4.78 is 5.45. The highest BCUT2D eigenvalue weighted by Crippen LogP contribution is 2.25. The van der Waals surface area contributed by atoms with Crippen molar-refractivity contribution in [2.45, 2.75) is 26.4 Å². The number of oxime groups is 1. The summed E-state index contributed by atoms with van der Waals surface area (Å²) in [7, 11) is 0. The predicted octanol–water partition coefficient (Wildman–Crippen LogP) is 2.30. The Morgan fingerprint density at radius 3 is 2.41 bits per heavy atom. The van der Waals surface area contributed by atoms with Gasteiger partial charge in [-0.05, 0) is 45.0 Å². The van der Waals surface area contributed by atoms with E-state index in [0.29, 0.717) is 37.6 Å². The number of amidine groups is 1. The Hall–Kier alpha value is -3.36. The van der Waals surface area contributed by atoms with E-state index in [4.69, 9.17) is 15.7 Å². The van der Waals surface area contributed by atoms with Gasteiger partial charge in [0, 0.05) is 49.8 Å². The lowest BCUT2D eigenvalue weighted by molar-refractivity contribution is 0.0240. The highest BCUT2D eigenvalue weighted by atomic mass is 16.6. The number of pyridine rings is 2. The van der Waals surface area contributed by atoms with E-state index in [-0.39, 0.29) is 11.9 Å². The van der Waals surface area contributed by atoms with Crippen LogP contribution in [-0.2, 0) is 4.74 Å². The summed E-state index contributed by atoms with van der Waals surface area (Å²) >= 11 is 0. The van der Waals surface area contributed by atoms with Crippen LogP contribution in [0.15, 0.2) is 41.8 Å². The molecular weight excluding hydrogens is 372 g/mol. The Kier molecular flexibility index (Phi) is 5.86. The molecule has 0 saturated carbocycles. The lowest BCUT2D eigenvalue weighted by atomic mass is 10.1. The molecule has 9 heteroatoms. The summed E-state index contributed by atoms with van der Waals surface area (Å²) in [5.74, 6) is -0.0606. The summed E-state index contributed by atoms with van der Waals surface area (Å²) in [6.45, 7) is 7.92. The van der Waals surface area contributed by atoms with Crippen molar-refractivity contribution >= 4 is 17.6 Å². The molecule has 0 aromatic carbocycles. The zero-order chi connectivity index (χ0) is 21.0. The van der Waals surface area contributed by atoms with Crippen molar-refractivity contribution in [3.63, 3.8) is 0 Å². The Morgan fingerprint density at radius 2 is 1.83 bits per heavy atom. The summed E-state index contributed by atoms with van der Waals surface area (Å²) in [4.78, 5) is 24.7. The van der Waals surface area contributed by atoms with Crippen molar-refractivity contribution in [1.82, 2.24) is 14.9 Å². The first-order valence-electron chi connectivity index (χ1n) is 9.40. The first-order chi connectivity index (χ1) is 13.8. The first kappa shape index (κ1) is 20.4. The number of ether oxygens (including phenoxy) is 1. The fraction of sp³-hybridized carbons (Fsp3) is 0.400. The molecular formula is C20H26N6O3. The second kappa shape index (κ2) is 8.34. The second-order valence-electron chi connectivity index (χ2n) is 7.77. The number of carbonyl (C=O) groups excluding carboxylic acids is 1. The molecule has 1 amide bonds. The van der Waals surface area contributed by atoms with E-state index in [1.54, 1.807) is 23.4 Å². The third-order valence-corrected chi connectivity index (χ3v) is 4.45. The molecule has 0 aliphatic carbocycles. The number of anilines is 1. The Morgan fingerprint density at radius 1 is 1.17 bits per heavy atom. The van der Waals surface area contributed by atoms with E-state index in [1.807, 2.05) is 39.0 Å². The minimum Gasteiger partial charge on any atom is -0.444 e. The lowest BCUT2D eigenvalue weighted by Gasteiger charge is -2.37. The standard InChI is InChI=1S/C20H26N6O3/c1-20(2,3)29-19(27)26-10-8-25(9-11-26)15-12-16(14-4-6-22-7-5-14)23-17(13-15)18(21)24-28/h4-7,12-13,28H,8-11H2,1-3H3,(H2,21,24). The van der Waals surface area contributed by atoms with Gasteiger partial charge in [0.15, 0.2) is 5.84 Å². The van der Waals surface area contributed by atoms with E-state index in [1.165, 1.54) is 0 Å². The van der Waals surface area contributed by atoms with E-state index in [0.717, 1.165) is 11.3 Å². The topological polar surface area (TPSA) is 117 Å². The van der Waals surface area contributed by atoms with Crippen LogP contribution < -0.4 is 10.6 Å². The Bertz CT molecular complexity index is 887. The average molecular weight is 398 g/mol. The minimum atomic E-state index is -0.519. The minimum absolute atomic E-state index is 0.0606. The quantitative estimate of drug-likeness (QED) is 0.352. The summed E-state index contributed by atoms with van der Waals surface area (Å²) in [5.41, 5.74) is 8.12. The molecule has 1 aliphatic rings. The molecule has 3 heterocycles. The number of nitrogens with zero attached hydrogens (tertiary/aromatic N) is 5. The molecule has 0 radical (unpaired) electrons. The maximum atomic E-state index is 12.3. The largest absolute Gasteiger partial charge is 0.444 e. The van der Waals surface area contributed by atoms with Crippen LogP contribution >= 0.6 is 0 Å². The first-order valence-corrected chi connectivity index (χ1v) is 9.40. The van der Waals surface area contributed by atoms with Gasteiger partial charge in [0.25, 0.3) is 0 Å². The predicted molar refractivity (Wildman–Crippen MR) is 110 cm³/mol. The van der Waals surface area contributed by atoms with Gasteiger partial charge in [-0.3, -0.25) is 4.98 Å². The number of rotatable bonds is 3. The highest BCUT2D eigenvalue weighted by Gasteiger charge is 2.26. The van der Waals surface area contributed by atoms with Gasteiger partial charge in [-0.25, -0.2) is 9.78 Å². The molecule has 0 spiro atoms. The molecule has 0 atom stereocenters. The van der Waals surface area contributed by atoms with Crippen molar-refractivity contribution in [3.8, 4) is 11.3 Å². The Balaban J connectivity index is 1.81. The number of amides is 1. The van der Waals surface area contributed by atoms with E-state index < -0.39 is 5.60 Å². The molecule has 2 aromatic rings. The van der Waals surface area contributed by atoms with Gasteiger partial charge in [-0.1, -0.05) is 5.16 Å². The molecule has 1 fully saturated rings. The second-order valence-corrected chi connectivity index (χ2v) is 7.77. The molecule has 3 rings (SSSR count). The van der Waals surface area contributed by atoms with Crippen molar-refractivity contribution in [2.24, 2.45) is 10.9 Å². The van der Waals surface area contributed by atoms with Crippen LogP contribution in [-0.4, -0.2) is 63.8 Å². The molecule has 1 saturated heterocycles. The van der Waals surface area contributed by atoms with Gasteiger partial charge < -0.3 is 25.5 Å². The van der Waals surface area contributed by atoms with Crippen molar-refractivity contribution in [2.75, 3.05) is 31.1 Å². The van der Waals surface area contributed by atoms with Crippen LogP contribution in [0.1, 0.15) is 26.5 Å². The SMILES string of the molecule is CC(C)(C)OC(=O)N1CCN(c2cc(/C(N)=N/O)nc(-c3ccncc3)c2)CC1. The van der Waals surface area contributed by atoms with Crippen LogP contribution in [0.4, 0.5) is 10.5 Å². The summed E-state index contributed by atoms with van der Waals surface area (Å²) in [6.07, 6.45) is 3.07. The normalized spacial score (nSPS) is 15.3. The van der Waals surface area contributed by atoms with Gasteiger partial charge in [-0.15, -0.1) is 0 Å². The molecule has 2 aromatic heterocycles. The number of hydrogen-bond donors (Lipinski definition) is 2. The molecule has 9 nitrogen and oxygen atoms in total. The third-order valence-electron chi connectivity index (χ3n) is 4.45. The number of aromatic nitrogens is 2. The monoisotopic (exact) mass is 398 g/mol. The van der Waals surface area contributed by atoms with E-state index >= 15 is 0 Å². The number of piperazine rings is 1. The smallest absolute Gasteiger partial charge is 0.410 e. The summed E-state index contributed by atoms with van der Waals surface area (Å²) in [5, 5.41) is 12.2. The van der Waals surface area contributed by atoms with Gasteiger partial charge in [0.1, 0.15) is 11.3 Å². The average Bonchev–Trinajstić information content (AvgIpc) is 2.72. The molecule has 0 unspecified atom stereocenters. The van der Waals surface area contributed by atoms with Crippen LogP contribution in [0.2, 0.25) is 0 Å². The molecule has 3 N–H and O–H groups in total. The van der Waals surface area contributed by atoms with E-state index in [9.17, 15) is 4.79 Å². The highest BCUT2D eigenvalue weighted by molar-refractivity contribution is 5.96. The molecule has 0 bridgehead atoms. The fourth-order valence-electron chi connectivity index (χ4n) is 3.03. The lowest BCUT2D eigenvalue weighted by Crippen LogP contribution is -2.50. The van der Waals surface area contributed by atoms with Crippen molar-refractivity contribution in [1.29, 1.82) is 0 Å². The van der Waals surface area contributed by atoms with Gasteiger partial charge in [-0.2, -0.15) is 0 Å².